The number of aliphatic hydroxyl groups excluding tert-OH is 1. The van der Waals surface area contributed by atoms with Crippen LogP contribution in [0.5, 0.6) is 0 Å². The number of hydrogen-bond donors (Lipinski definition) is 1. The van der Waals surface area contributed by atoms with Gasteiger partial charge in [0.25, 0.3) is 0 Å². The minimum Gasteiger partial charge on any atom is -0.388 e. The number of aliphatic hydroxyl groups is 1. The third kappa shape index (κ3) is 4.29. The van der Waals surface area contributed by atoms with Crippen molar-refractivity contribution >= 4 is 0 Å². The molecule has 1 atom stereocenters. The highest BCUT2D eigenvalue weighted by Crippen LogP contribution is 2.30. The summed E-state index contributed by atoms with van der Waals surface area (Å²) in [5.41, 5.74) is 0.414. The van der Waals surface area contributed by atoms with E-state index in [0.717, 1.165) is 19.0 Å². The lowest BCUT2D eigenvalue weighted by Crippen LogP contribution is -2.34. The molecule has 1 aromatic rings. The summed E-state index contributed by atoms with van der Waals surface area (Å²) in [6.07, 6.45) is 2.55. The van der Waals surface area contributed by atoms with Crippen LogP contribution < -0.4 is 0 Å². The molecular formula is C16H24FNO. The summed E-state index contributed by atoms with van der Waals surface area (Å²) in [5.74, 6) is 0.529. The van der Waals surface area contributed by atoms with Crippen LogP contribution in [0.4, 0.5) is 4.39 Å². The van der Waals surface area contributed by atoms with Gasteiger partial charge in [0, 0.05) is 24.7 Å². The molecule has 1 saturated carbocycles. The second kappa shape index (κ2) is 6.49. The minimum absolute atomic E-state index is 0.312. The smallest absolute Gasteiger partial charge is 0.128 e. The lowest BCUT2D eigenvalue weighted by molar-refractivity contribution is 0.125. The van der Waals surface area contributed by atoms with E-state index in [-0.39, 0.29) is 5.82 Å². The van der Waals surface area contributed by atoms with Crippen molar-refractivity contribution in [2.24, 2.45) is 5.92 Å². The average molecular weight is 265 g/mol. The first-order chi connectivity index (χ1) is 9.08. The molecule has 0 heterocycles. The number of halogens is 1. The summed E-state index contributed by atoms with van der Waals surface area (Å²) in [7, 11) is 0. The molecule has 0 bridgehead atoms. The van der Waals surface area contributed by atoms with E-state index in [9.17, 15) is 9.50 Å². The number of hydrogen-bond acceptors (Lipinski definition) is 2. The zero-order valence-corrected chi connectivity index (χ0v) is 11.8. The molecule has 1 aliphatic carbocycles. The standard InChI is InChI=1S/C16H24FNO/c1-12(2)18(11-13-7-8-13)10-9-16(19)14-5-3-4-6-15(14)17/h3-6,12-13,16,19H,7-11H2,1-2H3. The molecule has 3 heteroatoms. The van der Waals surface area contributed by atoms with Crippen molar-refractivity contribution in [2.45, 2.75) is 45.3 Å². The van der Waals surface area contributed by atoms with Crippen molar-refractivity contribution in [1.82, 2.24) is 4.90 Å². The molecule has 2 nitrogen and oxygen atoms in total. The van der Waals surface area contributed by atoms with Crippen molar-refractivity contribution in [1.29, 1.82) is 0 Å². The molecular weight excluding hydrogens is 241 g/mol. The first kappa shape index (κ1) is 14.5. The normalized spacial score (nSPS) is 17.2. The van der Waals surface area contributed by atoms with Gasteiger partial charge in [-0.05, 0) is 45.1 Å². The van der Waals surface area contributed by atoms with Gasteiger partial charge in [-0.25, -0.2) is 4.39 Å². The van der Waals surface area contributed by atoms with Gasteiger partial charge in [-0.15, -0.1) is 0 Å². The molecule has 0 amide bonds. The molecule has 0 aliphatic heterocycles. The maximum Gasteiger partial charge on any atom is 0.128 e. The molecule has 19 heavy (non-hydrogen) atoms. The Bertz CT molecular complexity index is 403. The molecule has 0 aromatic heterocycles. The fourth-order valence-corrected chi connectivity index (χ4v) is 2.38. The average Bonchev–Trinajstić information content (AvgIpc) is 3.18. The second-order valence-corrected chi connectivity index (χ2v) is 5.86. The monoisotopic (exact) mass is 265 g/mol. The summed E-state index contributed by atoms with van der Waals surface area (Å²) < 4.78 is 13.6. The van der Waals surface area contributed by atoms with Gasteiger partial charge < -0.3 is 10.0 Å². The van der Waals surface area contributed by atoms with Gasteiger partial charge in [0.05, 0.1) is 6.10 Å². The van der Waals surface area contributed by atoms with E-state index in [1.54, 1.807) is 18.2 Å². The summed E-state index contributed by atoms with van der Waals surface area (Å²) in [6.45, 7) is 6.29. The van der Waals surface area contributed by atoms with Crippen LogP contribution >= 0.6 is 0 Å². The molecule has 0 radical (unpaired) electrons. The van der Waals surface area contributed by atoms with Crippen LogP contribution in [0.15, 0.2) is 24.3 Å². The molecule has 1 N–H and O–H groups in total. The third-order valence-electron chi connectivity index (χ3n) is 3.87. The molecule has 2 rings (SSSR count). The van der Waals surface area contributed by atoms with E-state index >= 15 is 0 Å². The van der Waals surface area contributed by atoms with E-state index < -0.39 is 6.10 Å². The van der Waals surface area contributed by atoms with Crippen molar-refractivity contribution in [2.75, 3.05) is 13.1 Å². The Kier molecular flexibility index (Phi) is 4.94. The highest BCUT2D eigenvalue weighted by molar-refractivity contribution is 5.19. The van der Waals surface area contributed by atoms with E-state index in [4.69, 9.17) is 0 Å². The zero-order valence-electron chi connectivity index (χ0n) is 11.8. The Labute approximate surface area is 115 Å². The van der Waals surface area contributed by atoms with Gasteiger partial charge in [-0.2, -0.15) is 0 Å². The number of rotatable bonds is 7. The van der Waals surface area contributed by atoms with Crippen LogP contribution in [0.25, 0.3) is 0 Å². The Morgan fingerprint density at radius 1 is 1.32 bits per heavy atom. The van der Waals surface area contributed by atoms with Gasteiger partial charge in [-0.1, -0.05) is 18.2 Å². The van der Waals surface area contributed by atoms with E-state index in [0.29, 0.717) is 18.0 Å². The van der Waals surface area contributed by atoms with Crippen molar-refractivity contribution in [3.63, 3.8) is 0 Å². The lowest BCUT2D eigenvalue weighted by atomic mass is 10.1. The number of benzene rings is 1. The van der Waals surface area contributed by atoms with Crippen LogP contribution in [0.1, 0.15) is 44.8 Å². The summed E-state index contributed by atoms with van der Waals surface area (Å²) in [4.78, 5) is 2.39. The van der Waals surface area contributed by atoms with E-state index in [1.807, 2.05) is 0 Å². The zero-order chi connectivity index (χ0) is 13.8. The van der Waals surface area contributed by atoms with Crippen LogP contribution in [0.3, 0.4) is 0 Å². The molecule has 1 unspecified atom stereocenters. The number of nitrogens with zero attached hydrogens (tertiary/aromatic N) is 1. The van der Waals surface area contributed by atoms with Gasteiger partial charge in [0.15, 0.2) is 0 Å². The molecule has 0 saturated heterocycles. The Morgan fingerprint density at radius 2 is 2.00 bits per heavy atom. The van der Waals surface area contributed by atoms with Crippen LogP contribution in [0.2, 0.25) is 0 Å². The van der Waals surface area contributed by atoms with Gasteiger partial charge >= 0.3 is 0 Å². The van der Waals surface area contributed by atoms with Crippen molar-refractivity contribution in [3.8, 4) is 0 Å². The topological polar surface area (TPSA) is 23.5 Å². The minimum atomic E-state index is -0.707. The van der Waals surface area contributed by atoms with Gasteiger partial charge in [-0.3, -0.25) is 0 Å². The van der Waals surface area contributed by atoms with Gasteiger partial charge in [0.1, 0.15) is 5.82 Å². The highest BCUT2D eigenvalue weighted by Gasteiger charge is 2.25. The molecule has 0 spiro atoms. The quantitative estimate of drug-likeness (QED) is 0.817. The fourth-order valence-electron chi connectivity index (χ4n) is 2.38. The Morgan fingerprint density at radius 3 is 2.58 bits per heavy atom. The van der Waals surface area contributed by atoms with Crippen LogP contribution in [0, 0.1) is 11.7 Å². The lowest BCUT2D eigenvalue weighted by Gasteiger charge is -2.27. The fraction of sp³-hybridized carbons (Fsp3) is 0.625. The summed E-state index contributed by atoms with van der Waals surface area (Å²) >= 11 is 0. The van der Waals surface area contributed by atoms with Gasteiger partial charge in [0.2, 0.25) is 0 Å². The molecule has 1 fully saturated rings. The predicted molar refractivity (Wildman–Crippen MR) is 75.4 cm³/mol. The molecule has 1 aromatic carbocycles. The van der Waals surface area contributed by atoms with Crippen LogP contribution in [-0.2, 0) is 0 Å². The first-order valence-corrected chi connectivity index (χ1v) is 7.24. The maximum absolute atomic E-state index is 13.6. The van der Waals surface area contributed by atoms with Crippen LogP contribution in [-0.4, -0.2) is 29.1 Å². The van der Waals surface area contributed by atoms with Crippen molar-refractivity contribution < 1.29 is 9.50 Å². The molecule has 106 valence electrons. The van der Waals surface area contributed by atoms with E-state index in [2.05, 4.69) is 18.7 Å². The SMILES string of the molecule is CC(C)N(CCC(O)c1ccccc1F)CC1CC1. The van der Waals surface area contributed by atoms with E-state index in [1.165, 1.54) is 18.9 Å². The summed E-state index contributed by atoms with van der Waals surface area (Å²) in [5, 5.41) is 10.1. The Balaban J connectivity index is 1.87. The largest absolute Gasteiger partial charge is 0.388 e. The van der Waals surface area contributed by atoms with Crippen molar-refractivity contribution in [3.05, 3.63) is 35.6 Å². The third-order valence-corrected chi connectivity index (χ3v) is 3.87. The first-order valence-electron chi connectivity index (χ1n) is 7.24. The predicted octanol–water partition coefficient (Wildman–Crippen LogP) is 3.37. The highest BCUT2D eigenvalue weighted by atomic mass is 19.1. The Hall–Kier alpha value is -0.930. The summed E-state index contributed by atoms with van der Waals surface area (Å²) in [6, 6.07) is 6.97. The second-order valence-electron chi connectivity index (χ2n) is 5.86. The maximum atomic E-state index is 13.6. The molecule has 1 aliphatic rings.